The molecule has 1 saturated heterocycles. The average Bonchev–Trinajstić information content (AvgIpc) is 2.72. The van der Waals surface area contributed by atoms with Crippen LogP contribution in [0.25, 0.3) is 0 Å². The van der Waals surface area contributed by atoms with Crippen LogP contribution in [0.2, 0.25) is 0 Å². The molecule has 2 fully saturated rings. The fourth-order valence-electron chi connectivity index (χ4n) is 3.15. The predicted octanol–water partition coefficient (Wildman–Crippen LogP) is 1.66. The highest BCUT2D eigenvalue weighted by Gasteiger charge is 2.48. The van der Waals surface area contributed by atoms with Gasteiger partial charge < -0.3 is 15.2 Å². The first kappa shape index (κ1) is 13.3. The van der Waals surface area contributed by atoms with Gasteiger partial charge in [0, 0.05) is 32.4 Å². The lowest BCUT2D eigenvalue weighted by molar-refractivity contribution is 0.135. The van der Waals surface area contributed by atoms with Crippen molar-refractivity contribution in [1.29, 1.82) is 0 Å². The fraction of sp³-hybridized carbons (Fsp3) is 1.00. The lowest BCUT2D eigenvalue weighted by atomic mass is 9.92. The van der Waals surface area contributed by atoms with E-state index in [9.17, 15) is 5.11 Å². The van der Waals surface area contributed by atoms with Crippen molar-refractivity contribution in [1.82, 2.24) is 5.32 Å². The van der Waals surface area contributed by atoms with E-state index >= 15 is 0 Å². The number of aliphatic hydroxyl groups excluding tert-OH is 1. The van der Waals surface area contributed by atoms with Crippen molar-refractivity contribution in [3.05, 3.63) is 0 Å². The first-order valence-corrected chi connectivity index (χ1v) is 6.96. The second-order valence-corrected chi connectivity index (χ2v) is 6.56. The number of aliphatic hydroxyl groups is 1. The molecule has 3 nitrogen and oxygen atoms in total. The van der Waals surface area contributed by atoms with Crippen LogP contribution in [0.4, 0.5) is 0 Å². The standard InChI is InChI=1S/C14H27NO2/c1-10(13-6-14(13,2)3)15-7-12(8-16)11-4-5-17-9-11/h10-13,15-16H,4-9H2,1-3H3. The first-order valence-electron chi connectivity index (χ1n) is 6.96. The van der Waals surface area contributed by atoms with E-state index in [1.807, 2.05) is 0 Å². The highest BCUT2D eigenvalue weighted by molar-refractivity contribution is 5.00. The molecule has 0 amide bonds. The normalized spacial score (nSPS) is 34.6. The monoisotopic (exact) mass is 241 g/mol. The minimum atomic E-state index is 0.280. The molecule has 1 aliphatic heterocycles. The number of nitrogens with one attached hydrogen (secondary N) is 1. The van der Waals surface area contributed by atoms with Gasteiger partial charge in [-0.05, 0) is 42.9 Å². The summed E-state index contributed by atoms with van der Waals surface area (Å²) in [6.07, 6.45) is 2.44. The Hall–Kier alpha value is -0.120. The Balaban J connectivity index is 1.72. The Morgan fingerprint density at radius 2 is 2.18 bits per heavy atom. The highest BCUT2D eigenvalue weighted by Crippen LogP contribution is 2.53. The smallest absolute Gasteiger partial charge is 0.0499 e. The van der Waals surface area contributed by atoms with Crippen molar-refractivity contribution >= 4 is 0 Å². The molecular formula is C14H27NO2. The summed E-state index contributed by atoms with van der Waals surface area (Å²) >= 11 is 0. The van der Waals surface area contributed by atoms with Crippen LogP contribution in [0.15, 0.2) is 0 Å². The molecule has 1 aliphatic carbocycles. The Bertz CT molecular complexity index is 249. The minimum absolute atomic E-state index is 0.280. The lowest BCUT2D eigenvalue weighted by Crippen LogP contribution is -2.37. The minimum Gasteiger partial charge on any atom is -0.396 e. The fourth-order valence-corrected chi connectivity index (χ4v) is 3.15. The zero-order chi connectivity index (χ0) is 12.5. The van der Waals surface area contributed by atoms with Crippen molar-refractivity contribution in [3.63, 3.8) is 0 Å². The Kier molecular flexibility index (Phi) is 4.11. The number of hydrogen-bond donors (Lipinski definition) is 2. The van der Waals surface area contributed by atoms with Gasteiger partial charge in [-0.25, -0.2) is 0 Å². The topological polar surface area (TPSA) is 41.5 Å². The molecule has 0 bridgehead atoms. The largest absolute Gasteiger partial charge is 0.396 e. The van der Waals surface area contributed by atoms with Gasteiger partial charge in [0.25, 0.3) is 0 Å². The third-order valence-electron chi connectivity index (χ3n) is 4.76. The van der Waals surface area contributed by atoms with E-state index in [0.717, 1.165) is 32.1 Å². The first-order chi connectivity index (χ1) is 8.04. The van der Waals surface area contributed by atoms with Crippen molar-refractivity contribution in [2.24, 2.45) is 23.2 Å². The Morgan fingerprint density at radius 3 is 2.65 bits per heavy atom. The van der Waals surface area contributed by atoms with Crippen LogP contribution in [0, 0.1) is 23.2 Å². The maximum absolute atomic E-state index is 9.46. The second kappa shape index (κ2) is 5.25. The number of ether oxygens (including phenoxy) is 1. The summed E-state index contributed by atoms with van der Waals surface area (Å²) in [5.41, 5.74) is 0.525. The summed E-state index contributed by atoms with van der Waals surface area (Å²) in [6, 6.07) is 0.571. The van der Waals surface area contributed by atoms with Gasteiger partial charge in [-0.2, -0.15) is 0 Å². The van der Waals surface area contributed by atoms with Gasteiger partial charge in [0.2, 0.25) is 0 Å². The van der Waals surface area contributed by atoms with Gasteiger partial charge in [0.05, 0.1) is 0 Å². The average molecular weight is 241 g/mol. The van der Waals surface area contributed by atoms with Crippen LogP contribution >= 0.6 is 0 Å². The van der Waals surface area contributed by atoms with E-state index in [4.69, 9.17) is 4.74 Å². The van der Waals surface area contributed by atoms with Crippen LogP contribution in [-0.4, -0.2) is 37.5 Å². The number of hydrogen-bond acceptors (Lipinski definition) is 3. The van der Waals surface area contributed by atoms with E-state index in [1.54, 1.807) is 0 Å². The molecule has 2 rings (SSSR count). The van der Waals surface area contributed by atoms with Gasteiger partial charge in [0.1, 0.15) is 0 Å². The van der Waals surface area contributed by atoms with E-state index in [-0.39, 0.29) is 6.61 Å². The molecule has 1 saturated carbocycles. The van der Waals surface area contributed by atoms with E-state index in [1.165, 1.54) is 6.42 Å². The summed E-state index contributed by atoms with van der Waals surface area (Å²) in [5, 5.41) is 13.1. The molecule has 0 aromatic heterocycles. The van der Waals surface area contributed by atoms with Gasteiger partial charge in [-0.1, -0.05) is 13.8 Å². The van der Waals surface area contributed by atoms with Gasteiger partial charge in [-0.3, -0.25) is 0 Å². The lowest BCUT2D eigenvalue weighted by Gasteiger charge is -2.23. The zero-order valence-corrected chi connectivity index (χ0v) is 11.4. The molecule has 0 spiro atoms. The molecule has 100 valence electrons. The van der Waals surface area contributed by atoms with Crippen molar-refractivity contribution in [2.75, 3.05) is 26.4 Å². The van der Waals surface area contributed by atoms with Crippen LogP contribution in [0.5, 0.6) is 0 Å². The number of rotatable bonds is 6. The van der Waals surface area contributed by atoms with Gasteiger partial charge in [0.15, 0.2) is 0 Å². The maximum atomic E-state index is 9.46. The molecule has 0 aromatic carbocycles. The molecule has 2 aliphatic rings. The predicted molar refractivity (Wildman–Crippen MR) is 68.9 cm³/mol. The third-order valence-corrected chi connectivity index (χ3v) is 4.76. The van der Waals surface area contributed by atoms with Crippen molar-refractivity contribution in [3.8, 4) is 0 Å². The van der Waals surface area contributed by atoms with Crippen molar-refractivity contribution in [2.45, 2.75) is 39.7 Å². The van der Waals surface area contributed by atoms with Crippen LogP contribution in [0.1, 0.15) is 33.6 Å². The van der Waals surface area contributed by atoms with Gasteiger partial charge >= 0.3 is 0 Å². The summed E-state index contributed by atoms with van der Waals surface area (Å²) in [5.74, 6) is 1.72. The Morgan fingerprint density at radius 1 is 1.47 bits per heavy atom. The maximum Gasteiger partial charge on any atom is 0.0499 e. The molecule has 3 heteroatoms. The molecule has 17 heavy (non-hydrogen) atoms. The van der Waals surface area contributed by atoms with Crippen LogP contribution in [0.3, 0.4) is 0 Å². The highest BCUT2D eigenvalue weighted by atomic mass is 16.5. The van der Waals surface area contributed by atoms with E-state index in [2.05, 4.69) is 26.1 Å². The molecule has 4 atom stereocenters. The molecule has 1 heterocycles. The van der Waals surface area contributed by atoms with E-state index in [0.29, 0.717) is 23.3 Å². The summed E-state index contributed by atoms with van der Waals surface area (Å²) < 4.78 is 5.40. The molecule has 0 radical (unpaired) electrons. The molecule has 4 unspecified atom stereocenters. The third kappa shape index (κ3) is 3.21. The van der Waals surface area contributed by atoms with E-state index < -0.39 is 0 Å². The molecule has 2 N–H and O–H groups in total. The second-order valence-electron chi connectivity index (χ2n) is 6.56. The van der Waals surface area contributed by atoms with Crippen LogP contribution < -0.4 is 5.32 Å². The summed E-state index contributed by atoms with van der Waals surface area (Å²) in [6.45, 7) is 9.86. The van der Waals surface area contributed by atoms with Crippen LogP contribution in [-0.2, 0) is 4.74 Å². The van der Waals surface area contributed by atoms with Crippen molar-refractivity contribution < 1.29 is 9.84 Å². The SMILES string of the molecule is CC(NCC(CO)C1CCOC1)C1CC1(C)C. The van der Waals surface area contributed by atoms with Gasteiger partial charge in [-0.15, -0.1) is 0 Å². The zero-order valence-electron chi connectivity index (χ0n) is 11.4. The summed E-state index contributed by atoms with van der Waals surface area (Å²) in [7, 11) is 0. The quantitative estimate of drug-likeness (QED) is 0.743. The molecular weight excluding hydrogens is 214 g/mol. The summed E-state index contributed by atoms with van der Waals surface area (Å²) in [4.78, 5) is 0. The molecule has 0 aromatic rings. The Labute approximate surface area is 105 Å².